The van der Waals surface area contributed by atoms with Gasteiger partial charge >= 0.3 is 7.82 Å². The Kier molecular flexibility index (Phi) is 6.03. The molecule has 0 radical (unpaired) electrons. The molecule has 1 aromatic carbocycles. The van der Waals surface area contributed by atoms with E-state index in [0.29, 0.717) is 16.6 Å². The number of fused-ring (bicyclic) bond motifs is 1. The Morgan fingerprint density at radius 2 is 1.97 bits per heavy atom. The molecule has 1 aliphatic heterocycles. The van der Waals surface area contributed by atoms with Gasteiger partial charge in [-0.2, -0.15) is 0 Å². The molecule has 174 valence electrons. The topological polar surface area (TPSA) is 173 Å². The number of phosphoric acid groups is 1. The number of nitrogens with two attached hydrogens (primary N) is 1. The average Bonchev–Trinajstić information content (AvgIpc) is 3.21. The summed E-state index contributed by atoms with van der Waals surface area (Å²) in [6.45, 7) is 2.69. The minimum Gasteiger partial charge on any atom is -0.387 e. The third-order valence-electron chi connectivity index (χ3n) is 5.45. The van der Waals surface area contributed by atoms with Crippen LogP contribution in [0.2, 0.25) is 0 Å². The summed E-state index contributed by atoms with van der Waals surface area (Å²) >= 11 is 0. The van der Waals surface area contributed by atoms with Crippen LogP contribution in [0.15, 0.2) is 36.8 Å². The number of nitrogen functional groups attached to an aromatic ring is 1. The van der Waals surface area contributed by atoms with Crippen molar-refractivity contribution in [3.8, 4) is 11.8 Å². The second kappa shape index (κ2) is 8.52. The summed E-state index contributed by atoms with van der Waals surface area (Å²) < 4.78 is 22.7. The van der Waals surface area contributed by atoms with E-state index in [1.807, 2.05) is 31.2 Å². The van der Waals surface area contributed by atoms with E-state index < -0.39 is 38.5 Å². The van der Waals surface area contributed by atoms with Gasteiger partial charge in [-0.25, -0.2) is 14.5 Å². The minimum absolute atomic E-state index is 0.173. The van der Waals surface area contributed by atoms with Gasteiger partial charge in [0.1, 0.15) is 35.6 Å². The summed E-state index contributed by atoms with van der Waals surface area (Å²) in [5.41, 5.74) is 6.91. The molecule has 1 fully saturated rings. The first-order chi connectivity index (χ1) is 15.5. The first-order valence-electron chi connectivity index (χ1n) is 9.93. The Morgan fingerprint density at radius 3 is 2.64 bits per heavy atom. The molecular weight excluding hydrogens is 451 g/mol. The molecule has 0 spiro atoms. The fourth-order valence-corrected chi connectivity index (χ4v) is 4.05. The van der Waals surface area contributed by atoms with E-state index in [9.17, 15) is 14.8 Å². The molecule has 0 bridgehead atoms. The molecule has 11 nitrogen and oxygen atoms in total. The maximum absolute atomic E-state index is 11.1. The van der Waals surface area contributed by atoms with Gasteiger partial charge in [-0.15, -0.1) is 0 Å². The number of aliphatic hydroxyl groups is 2. The van der Waals surface area contributed by atoms with Crippen LogP contribution in [0.4, 0.5) is 5.82 Å². The third kappa shape index (κ3) is 4.64. The highest BCUT2D eigenvalue weighted by atomic mass is 31.2. The van der Waals surface area contributed by atoms with Gasteiger partial charge in [0.2, 0.25) is 0 Å². The molecule has 12 heteroatoms. The number of aryl methyl sites for hydroxylation is 1. The van der Waals surface area contributed by atoms with Crippen molar-refractivity contribution in [1.82, 2.24) is 14.5 Å². The number of rotatable bonds is 4. The molecule has 1 saturated heterocycles. The van der Waals surface area contributed by atoms with Gasteiger partial charge in [0.15, 0.2) is 6.23 Å². The number of anilines is 1. The Balaban J connectivity index is 1.75. The van der Waals surface area contributed by atoms with Crippen LogP contribution in [0.5, 0.6) is 0 Å². The van der Waals surface area contributed by atoms with E-state index in [0.717, 1.165) is 11.1 Å². The van der Waals surface area contributed by atoms with Crippen LogP contribution in [-0.4, -0.2) is 59.0 Å². The number of hydrogen-bond acceptors (Lipinski definition) is 8. The summed E-state index contributed by atoms with van der Waals surface area (Å²) in [6, 6.07) is 7.65. The number of aromatic nitrogens is 3. The number of aliphatic hydroxyl groups excluding tert-OH is 1. The molecule has 33 heavy (non-hydrogen) atoms. The molecule has 0 aliphatic carbocycles. The van der Waals surface area contributed by atoms with E-state index in [1.165, 1.54) is 17.8 Å². The van der Waals surface area contributed by atoms with Crippen molar-refractivity contribution in [3.63, 3.8) is 0 Å². The summed E-state index contributed by atoms with van der Waals surface area (Å²) in [4.78, 5) is 26.2. The van der Waals surface area contributed by atoms with E-state index in [4.69, 9.17) is 20.3 Å². The lowest BCUT2D eigenvalue weighted by Crippen LogP contribution is -2.44. The van der Waals surface area contributed by atoms with Crippen LogP contribution in [0.1, 0.15) is 29.8 Å². The number of phosphoric ester groups is 1. The van der Waals surface area contributed by atoms with Crippen molar-refractivity contribution in [3.05, 3.63) is 53.5 Å². The van der Waals surface area contributed by atoms with E-state index in [2.05, 4.69) is 26.3 Å². The third-order valence-corrected chi connectivity index (χ3v) is 5.93. The molecular formula is C21H23N4O7P. The maximum atomic E-state index is 11.1. The molecule has 0 amide bonds. The van der Waals surface area contributed by atoms with Crippen LogP contribution in [0.3, 0.4) is 0 Å². The molecule has 0 unspecified atom stereocenters. The smallest absolute Gasteiger partial charge is 0.387 e. The van der Waals surface area contributed by atoms with Crippen LogP contribution in [-0.2, 0) is 13.8 Å². The molecule has 2 aromatic heterocycles. The van der Waals surface area contributed by atoms with Gasteiger partial charge in [0.05, 0.1) is 17.6 Å². The standard InChI is InChI=1S/C21H23N4O7P/c1-12-3-5-13(6-4-12)7-8-14-9-25(19-16(14)18(22)23-11-24-19)20-21(2,27)17(26)15(32-20)10-31-33(28,29)30/h3-6,9,11,15,17,20,26-27H,10H2,1-2H3,(H2,22,23,24)(H2,28,29,30)/t15-,17-,20-,21-/m1/s1. The summed E-state index contributed by atoms with van der Waals surface area (Å²) in [7, 11) is -4.80. The monoisotopic (exact) mass is 474 g/mol. The zero-order valence-electron chi connectivity index (χ0n) is 17.8. The van der Waals surface area contributed by atoms with Gasteiger partial charge in [0.25, 0.3) is 0 Å². The number of nitrogens with zero attached hydrogens (tertiary/aromatic N) is 3. The fraction of sp³-hybridized carbons (Fsp3) is 0.333. The highest BCUT2D eigenvalue weighted by Gasteiger charge is 2.54. The van der Waals surface area contributed by atoms with Gasteiger partial charge < -0.3 is 35.0 Å². The average molecular weight is 474 g/mol. The minimum atomic E-state index is -4.80. The number of hydrogen-bond donors (Lipinski definition) is 5. The normalized spacial score (nSPS) is 25.2. The van der Waals surface area contributed by atoms with Crippen molar-refractivity contribution in [2.75, 3.05) is 12.3 Å². The molecule has 3 heterocycles. The Labute approximate surface area is 189 Å². The molecule has 3 aromatic rings. The van der Waals surface area contributed by atoms with Gasteiger partial charge in [-0.1, -0.05) is 29.5 Å². The highest BCUT2D eigenvalue weighted by Crippen LogP contribution is 2.43. The van der Waals surface area contributed by atoms with Crippen LogP contribution in [0.25, 0.3) is 11.0 Å². The zero-order chi connectivity index (χ0) is 24.0. The number of benzene rings is 1. The summed E-state index contributed by atoms with van der Waals surface area (Å²) in [5, 5.41) is 22.0. The second-order valence-corrected chi connectivity index (χ2v) is 9.25. The van der Waals surface area contributed by atoms with Crippen LogP contribution < -0.4 is 5.73 Å². The molecule has 0 saturated carbocycles. The molecule has 4 rings (SSSR count). The largest absolute Gasteiger partial charge is 0.469 e. The zero-order valence-corrected chi connectivity index (χ0v) is 18.7. The van der Waals surface area contributed by atoms with Gasteiger partial charge in [-0.05, 0) is 26.0 Å². The first-order valence-corrected chi connectivity index (χ1v) is 11.5. The Bertz CT molecular complexity index is 1290. The quantitative estimate of drug-likeness (QED) is 0.269. The maximum Gasteiger partial charge on any atom is 0.469 e. The summed E-state index contributed by atoms with van der Waals surface area (Å²) in [6.07, 6.45) is -1.07. The molecule has 4 atom stereocenters. The predicted octanol–water partition coefficient (Wildman–Crippen LogP) is 0.840. The molecule has 6 N–H and O–H groups in total. The second-order valence-electron chi connectivity index (χ2n) is 8.01. The lowest BCUT2D eigenvalue weighted by molar-refractivity contribution is -0.0947. The van der Waals surface area contributed by atoms with Crippen molar-refractivity contribution in [1.29, 1.82) is 0 Å². The van der Waals surface area contributed by atoms with E-state index in [-0.39, 0.29) is 5.82 Å². The highest BCUT2D eigenvalue weighted by molar-refractivity contribution is 7.46. The van der Waals surface area contributed by atoms with Gasteiger partial charge in [0, 0.05) is 11.8 Å². The Morgan fingerprint density at radius 1 is 1.27 bits per heavy atom. The fourth-order valence-electron chi connectivity index (χ4n) is 3.71. The summed E-state index contributed by atoms with van der Waals surface area (Å²) in [5.74, 6) is 6.27. The Hall–Kier alpha value is -2.81. The predicted molar refractivity (Wildman–Crippen MR) is 118 cm³/mol. The van der Waals surface area contributed by atoms with Crippen LogP contribution in [0, 0.1) is 18.8 Å². The molecule has 1 aliphatic rings. The van der Waals surface area contributed by atoms with Crippen molar-refractivity contribution < 1.29 is 33.8 Å². The van der Waals surface area contributed by atoms with Crippen molar-refractivity contribution in [2.24, 2.45) is 0 Å². The SMILES string of the molecule is Cc1ccc(C#Cc2cn([C@@H]3O[C@H](COP(=O)(O)O)[C@@H](O)[C@@]3(C)O)c3ncnc(N)c23)cc1. The number of ether oxygens (including phenoxy) is 1. The van der Waals surface area contributed by atoms with E-state index in [1.54, 1.807) is 6.20 Å². The van der Waals surface area contributed by atoms with E-state index >= 15 is 0 Å². The van der Waals surface area contributed by atoms with Crippen molar-refractivity contribution in [2.45, 2.75) is 37.9 Å². The first kappa shape index (κ1) is 23.4. The van der Waals surface area contributed by atoms with Crippen LogP contribution >= 0.6 is 7.82 Å². The van der Waals surface area contributed by atoms with Crippen molar-refractivity contribution >= 4 is 24.7 Å². The lowest BCUT2D eigenvalue weighted by atomic mass is 9.96. The van der Waals surface area contributed by atoms with Gasteiger partial charge in [-0.3, -0.25) is 4.52 Å². The lowest BCUT2D eigenvalue weighted by Gasteiger charge is -2.27.